The molecule has 162 valence electrons. The van der Waals surface area contributed by atoms with Gasteiger partial charge in [-0.2, -0.15) is 0 Å². The van der Waals surface area contributed by atoms with Gasteiger partial charge in [-0.25, -0.2) is 9.69 Å². The van der Waals surface area contributed by atoms with E-state index in [0.717, 1.165) is 16.7 Å². The number of esters is 1. The largest absolute Gasteiger partial charge is 0.493 e. The van der Waals surface area contributed by atoms with Gasteiger partial charge < -0.3 is 14.2 Å². The second-order valence-corrected chi connectivity index (χ2v) is 7.96. The van der Waals surface area contributed by atoms with E-state index in [9.17, 15) is 14.4 Å². The molecule has 31 heavy (non-hydrogen) atoms. The Morgan fingerprint density at radius 3 is 2.52 bits per heavy atom. The fourth-order valence-electron chi connectivity index (χ4n) is 2.73. The van der Waals surface area contributed by atoms with Gasteiger partial charge in [0.25, 0.3) is 11.1 Å². The van der Waals surface area contributed by atoms with Crippen molar-refractivity contribution in [2.24, 2.45) is 0 Å². The molecule has 3 rings (SSSR count). The van der Waals surface area contributed by atoms with Crippen LogP contribution in [-0.4, -0.2) is 37.4 Å². The van der Waals surface area contributed by atoms with Crippen molar-refractivity contribution in [2.45, 2.75) is 6.92 Å². The Labute approximate surface area is 192 Å². The van der Waals surface area contributed by atoms with E-state index < -0.39 is 17.1 Å². The Hall–Kier alpha value is -2.68. The number of amides is 2. The van der Waals surface area contributed by atoms with Crippen molar-refractivity contribution in [2.75, 3.05) is 25.2 Å². The van der Waals surface area contributed by atoms with Gasteiger partial charge in [-0.1, -0.05) is 23.2 Å². The van der Waals surface area contributed by atoms with Crippen molar-refractivity contribution >= 4 is 63.8 Å². The van der Waals surface area contributed by atoms with E-state index in [1.165, 1.54) is 13.2 Å². The van der Waals surface area contributed by atoms with Gasteiger partial charge in [-0.05, 0) is 66.7 Å². The molecule has 0 saturated carbocycles. The zero-order valence-electron chi connectivity index (χ0n) is 16.5. The molecule has 0 bridgehead atoms. The van der Waals surface area contributed by atoms with E-state index in [1.807, 2.05) is 0 Å². The maximum absolute atomic E-state index is 12.8. The molecule has 1 aliphatic heterocycles. The number of imide groups is 1. The van der Waals surface area contributed by atoms with Gasteiger partial charge in [0.05, 0.1) is 29.3 Å². The molecule has 0 atom stereocenters. The monoisotopic (exact) mass is 481 g/mol. The van der Waals surface area contributed by atoms with Crippen molar-refractivity contribution in [3.8, 4) is 11.5 Å². The van der Waals surface area contributed by atoms with Gasteiger partial charge in [0.2, 0.25) is 0 Å². The Balaban J connectivity index is 1.85. The van der Waals surface area contributed by atoms with Crippen LogP contribution in [0.25, 0.3) is 6.08 Å². The smallest absolute Gasteiger partial charge is 0.344 e. The lowest BCUT2D eigenvalue weighted by Gasteiger charge is -2.13. The van der Waals surface area contributed by atoms with Crippen molar-refractivity contribution in [1.29, 1.82) is 0 Å². The van der Waals surface area contributed by atoms with Crippen LogP contribution in [0.15, 0.2) is 41.3 Å². The lowest BCUT2D eigenvalue weighted by atomic mass is 10.1. The first-order valence-electron chi connectivity index (χ1n) is 9.03. The number of nitrogens with zero attached hydrogens (tertiary/aromatic N) is 1. The van der Waals surface area contributed by atoms with Crippen LogP contribution in [0.3, 0.4) is 0 Å². The Bertz CT molecular complexity index is 1050. The highest BCUT2D eigenvalue weighted by Gasteiger charge is 2.36. The highest BCUT2D eigenvalue weighted by molar-refractivity contribution is 8.19. The molecule has 2 amide bonds. The Morgan fingerprint density at radius 2 is 1.87 bits per heavy atom. The minimum Gasteiger partial charge on any atom is -0.493 e. The Kier molecular flexibility index (Phi) is 7.48. The molecule has 7 nitrogen and oxygen atoms in total. The van der Waals surface area contributed by atoms with Crippen LogP contribution in [0.1, 0.15) is 12.5 Å². The van der Waals surface area contributed by atoms with E-state index in [2.05, 4.69) is 0 Å². The summed E-state index contributed by atoms with van der Waals surface area (Å²) in [6, 6.07) is 9.52. The van der Waals surface area contributed by atoms with Crippen LogP contribution in [0.2, 0.25) is 10.0 Å². The molecule has 2 aromatic rings. The summed E-state index contributed by atoms with van der Waals surface area (Å²) >= 11 is 13.0. The number of carbonyl (C=O) groups excluding carboxylic acids is 3. The number of hydrogen-bond acceptors (Lipinski definition) is 7. The number of benzene rings is 2. The molecule has 10 heteroatoms. The molecule has 1 saturated heterocycles. The normalized spacial score (nSPS) is 14.8. The first-order valence-corrected chi connectivity index (χ1v) is 10.6. The topological polar surface area (TPSA) is 82.1 Å². The number of anilines is 1. The summed E-state index contributed by atoms with van der Waals surface area (Å²) in [5, 5.41) is 0.246. The van der Waals surface area contributed by atoms with Crippen LogP contribution >= 0.6 is 35.0 Å². The number of methoxy groups -OCH3 is 1. The van der Waals surface area contributed by atoms with Gasteiger partial charge in [-0.15, -0.1) is 0 Å². The predicted octanol–water partition coefficient (Wildman–Crippen LogP) is 5.18. The van der Waals surface area contributed by atoms with Crippen LogP contribution in [-0.2, 0) is 14.3 Å². The molecule has 0 aromatic heterocycles. The lowest BCUT2D eigenvalue weighted by molar-refractivity contribution is -0.145. The molecule has 1 fully saturated rings. The molecule has 0 N–H and O–H groups in total. The molecule has 1 aliphatic rings. The van der Waals surface area contributed by atoms with E-state index in [0.29, 0.717) is 16.3 Å². The van der Waals surface area contributed by atoms with Crippen molar-refractivity contribution in [3.05, 3.63) is 56.9 Å². The maximum Gasteiger partial charge on any atom is 0.344 e. The summed E-state index contributed by atoms with van der Waals surface area (Å²) < 4.78 is 15.5. The second kappa shape index (κ2) is 10.1. The molecular weight excluding hydrogens is 465 g/mol. The van der Waals surface area contributed by atoms with Gasteiger partial charge in [-0.3, -0.25) is 9.59 Å². The summed E-state index contributed by atoms with van der Waals surface area (Å²) in [6.45, 7) is 1.59. The lowest BCUT2D eigenvalue weighted by Crippen LogP contribution is -2.27. The molecule has 0 unspecified atom stereocenters. The molecule has 0 spiro atoms. The van der Waals surface area contributed by atoms with Crippen LogP contribution < -0.4 is 14.4 Å². The highest BCUT2D eigenvalue weighted by Crippen LogP contribution is 2.40. The summed E-state index contributed by atoms with van der Waals surface area (Å²) in [5.74, 6) is -0.570. The van der Waals surface area contributed by atoms with Crippen LogP contribution in [0, 0.1) is 0 Å². The average Bonchev–Trinajstić information content (AvgIpc) is 3.00. The third-order valence-corrected chi connectivity index (χ3v) is 5.47. The number of carbonyl (C=O) groups is 3. The summed E-state index contributed by atoms with van der Waals surface area (Å²) in [5.41, 5.74) is 0.945. The maximum atomic E-state index is 12.8. The molecule has 1 heterocycles. The predicted molar refractivity (Wildman–Crippen MR) is 120 cm³/mol. The Morgan fingerprint density at radius 1 is 1.16 bits per heavy atom. The molecule has 0 radical (unpaired) electrons. The van der Waals surface area contributed by atoms with Crippen molar-refractivity contribution in [1.82, 2.24) is 0 Å². The van der Waals surface area contributed by atoms with Gasteiger partial charge >= 0.3 is 5.97 Å². The first-order chi connectivity index (χ1) is 14.8. The van der Waals surface area contributed by atoms with Gasteiger partial charge in [0.1, 0.15) is 0 Å². The second-order valence-electron chi connectivity index (χ2n) is 6.12. The van der Waals surface area contributed by atoms with Crippen LogP contribution in [0.5, 0.6) is 11.5 Å². The molecular formula is C21H17Cl2NO6S. The van der Waals surface area contributed by atoms with E-state index >= 15 is 0 Å². The molecule has 2 aromatic carbocycles. The third-order valence-electron chi connectivity index (χ3n) is 4.07. The fourth-order valence-corrected chi connectivity index (χ4v) is 3.97. The number of rotatable bonds is 7. The number of thioether (sulfide) groups is 1. The van der Waals surface area contributed by atoms with Crippen LogP contribution in [0.4, 0.5) is 10.5 Å². The summed E-state index contributed by atoms with van der Waals surface area (Å²) in [7, 11) is 1.42. The van der Waals surface area contributed by atoms with E-state index in [1.54, 1.807) is 43.3 Å². The van der Waals surface area contributed by atoms with Crippen molar-refractivity contribution in [3.63, 3.8) is 0 Å². The standard InChI is InChI=1S/C21H17Cl2NO6S/c1-3-29-18(25)11-30-19-15(23)8-12(9-16(19)28-2)10-17-20(26)24(21(27)31-17)14-6-4-13(22)5-7-14/h4-10H,3,11H2,1-2H3/b17-10+. The number of ether oxygens (including phenoxy) is 3. The quantitative estimate of drug-likeness (QED) is 0.397. The zero-order valence-corrected chi connectivity index (χ0v) is 18.8. The van der Waals surface area contributed by atoms with E-state index in [4.69, 9.17) is 37.4 Å². The van der Waals surface area contributed by atoms with Crippen molar-refractivity contribution < 1.29 is 28.6 Å². The first kappa shape index (κ1) is 23.0. The SMILES string of the molecule is CCOC(=O)COc1c(Cl)cc(/C=C2/SC(=O)N(c3ccc(Cl)cc3)C2=O)cc1OC. The van der Waals surface area contributed by atoms with Gasteiger partial charge in [0, 0.05) is 5.02 Å². The minimum absolute atomic E-state index is 0.170. The number of halogens is 2. The summed E-state index contributed by atoms with van der Waals surface area (Å²) in [6.07, 6.45) is 1.53. The summed E-state index contributed by atoms with van der Waals surface area (Å²) in [4.78, 5) is 38.0. The highest BCUT2D eigenvalue weighted by atomic mass is 35.5. The molecule has 0 aliphatic carbocycles. The fraction of sp³-hybridized carbons (Fsp3) is 0.190. The third kappa shape index (κ3) is 5.33. The zero-order chi connectivity index (χ0) is 22.5. The van der Waals surface area contributed by atoms with E-state index in [-0.39, 0.29) is 34.6 Å². The average molecular weight is 482 g/mol. The minimum atomic E-state index is -0.541. The van der Waals surface area contributed by atoms with Gasteiger partial charge in [0.15, 0.2) is 18.1 Å². The number of hydrogen-bond donors (Lipinski definition) is 0.